The van der Waals surface area contributed by atoms with E-state index in [0.717, 1.165) is 27.8 Å². The Kier molecular flexibility index (Phi) is 9.25. The molecule has 0 aliphatic carbocycles. The molecule has 25 heavy (non-hydrogen) atoms. The molecule has 142 valence electrons. The first-order valence-corrected chi connectivity index (χ1v) is 14.7. The molecule has 3 heterocycles. The predicted molar refractivity (Wildman–Crippen MR) is 117 cm³/mol. The zero-order valence-electron chi connectivity index (χ0n) is 13.8. The highest BCUT2D eigenvalue weighted by Crippen LogP contribution is 2.35. The topological polar surface area (TPSA) is 52.6 Å². The second kappa shape index (κ2) is 11.1. The average Bonchev–Trinajstić information content (AvgIpc) is 3.45. The maximum atomic E-state index is 12.0. The molecule has 0 bridgehead atoms. The summed E-state index contributed by atoms with van der Waals surface area (Å²) in [4.78, 5) is 23.8. The second-order valence-electron chi connectivity index (χ2n) is 5.83. The summed E-state index contributed by atoms with van der Waals surface area (Å²) in [6, 6.07) is 0. The van der Waals surface area contributed by atoms with Gasteiger partial charge < -0.3 is 9.47 Å². The van der Waals surface area contributed by atoms with Gasteiger partial charge in [-0.2, -0.15) is 35.3 Å². The van der Waals surface area contributed by atoms with E-state index in [1.807, 2.05) is 35.3 Å². The lowest BCUT2D eigenvalue weighted by atomic mass is 10.6. The van der Waals surface area contributed by atoms with Crippen molar-refractivity contribution < 1.29 is 19.1 Å². The summed E-state index contributed by atoms with van der Waals surface area (Å²) in [6.45, 7) is 0.161. The summed E-state index contributed by atoms with van der Waals surface area (Å²) >= 11 is 10.6. The van der Waals surface area contributed by atoms with Gasteiger partial charge in [0.15, 0.2) is 5.44 Å². The minimum Gasteiger partial charge on any atom is -0.460 e. The summed E-state index contributed by atoms with van der Waals surface area (Å²) in [6.07, 6.45) is 0. The number of hydrogen-bond acceptors (Lipinski definition) is 10. The van der Waals surface area contributed by atoms with Gasteiger partial charge in [0, 0.05) is 50.3 Å². The van der Waals surface area contributed by atoms with Crippen LogP contribution in [0.4, 0.5) is 0 Å². The van der Waals surface area contributed by atoms with Crippen molar-refractivity contribution in [2.75, 3.05) is 52.6 Å². The number of thioether (sulfide) groups is 6. The zero-order chi connectivity index (χ0) is 17.5. The van der Waals surface area contributed by atoms with E-state index in [1.165, 1.54) is 17.3 Å². The molecular weight excluding hydrogens is 437 g/mol. The Morgan fingerprint density at radius 1 is 0.880 bits per heavy atom. The molecule has 0 aromatic rings. The molecule has 3 saturated heterocycles. The first-order valence-electron chi connectivity index (χ1n) is 8.16. The van der Waals surface area contributed by atoms with Crippen molar-refractivity contribution in [1.82, 2.24) is 0 Å². The monoisotopic (exact) mass is 458 g/mol. The van der Waals surface area contributed by atoms with Gasteiger partial charge in [0.25, 0.3) is 0 Å². The molecule has 3 aliphatic rings. The van der Waals surface area contributed by atoms with E-state index in [1.54, 1.807) is 35.3 Å². The normalized spacial score (nSPS) is 27.4. The smallest absolute Gasteiger partial charge is 0.317 e. The Morgan fingerprint density at radius 2 is 1.40 bits per heavy atom. The summed E-state index contributed by atoms with van der Waals surface area (Å²) in [5.41, 5.74) is -0.377. The standard InChI is InChI=1S/C15H22O4S6/c16-13(8-20-2-10-4-22-10)18-1-15(25-7-12-6-24-12)19-14(17)9-21-3-11-5-23-11/h10-12,15H,1-9H2. The molecule has 3 fully saturated rings. The number of rotatable bonds is 14. The fraction of sp³-hybridized carbons (Fsp3) is 0.867. The molecular formula is C15H22O4S6. The fourth-order valence-electron chi connectivity index (χ4n) is 1.75. The first kappa shape index (κ1) is 20.8. The van der Waals surface area contributed by atoms with Crippen molar-refractivity contribution >= 4 is 82.5 Å². The molecule has 0 amide bonds. The van der Waals surface area contributed by atoms with Crippen LogP contribution in [-0.4, -0.2) is 85.8 Å². The second-order valence-corrected chi connectivity index (χ2v) is 13.1. The van der Waals surface area contributed by atoms with E-state index in [0.29, 0.717) is 16.8 Å². The molecule has 10 heteroatoms. The molecule has 4 unspecified atom stereocenters. The summed E-state index contributed by atoms with van der Waals surface area (Å²) in [5.74, 6) is 6.94. The van der Waals surface area contributed by atoms with Crippen molar-refractivity contribution in [3.05, 3.63) is 0 Å². The highest BCUT2D eigenvalue weighted by atomic mass is 32.2. The molecule has 4 nitrogen and oxygen atoms in total. The van der Waals surface area contributed by atoms with Crippen LogP contribution in [0, 0.1) is 0 Å². The highest BCUT2D eigenvalue weighted by Gasteiger charge is 2.27. The lowest BCUT2D eigenvalue weighted by molar-refractivity contribution is -0.150. The number of carbonyl (C=O) groups excluding carboxylic acids is 2. The van der Waals surface area contributed by atoms with Crippen molar-refractivity contribution in [1.29, 1.82) is 0 Å². The van der Waals surface area contributed by atoms with Crippen LogP contribution in [0.25, 0.3) is 0 Å². The molecule has 0 spiro atoms. The molecule has 0 saturated carbocycles. The van der Waals surface area contributed by atoms with Crippen LogP contribution in [0.5, 0.6) is 0 Å². The van der Waals surface area contributed by atoms with Crippen LogP contribution in [0.1, 0.15) is 0 Å². The minimum absolute atomic E-state index is 0.161. The maximum Gasteiger partial charge on any atom is 0.317 e. The maximum absolute atomic E-state index is 12.0. The van der Waals surface area contributed by atoms with E-state index in [2.05, 4.69) is 0 Å². The predicted octanol–water partition coefficient (Wildman–Crippen LogP) is 2.94. The lowest BCUT2D eigenvalue weighted by Crippen LogP contribution is -2.25. The van der Waals surface area contributed by atoms with Gasteiger partial charge in [-0.1, -0.05) is 0 Å². The third-order valence-electron chi connectivity index (χ3n) is 3.37. The van der Waals surface area contributed by atoms with Gasteiger partial charge in [0.1, 0.15) is 6.61 Å². The quantitative estimate of drug-likeness (QED) is 0.221. The Hall–Kier alpha value is 1.04. The van der Waals surface area contributed by atoms with Crippen molar-refractivity contribution in [3.8, 4) is 0 Å². The van der Waals surface area contributed by atoms with Crippen LogP contribution in [0.3, 0.4) is 0 Å². The molecule has 0 N–H and O–H groups in total. The number of ether oxygens (including phenoxy) is 2. The first-order chi connectivity index (χ1) is 12.2. The molecule has 4 atom stereocenters. The van der Waals surface area contributed by atoms with Crippen LogP contribution < -0.4 is 0 Å². The molecule has 0 radical (unpaired) electrons. The van der Waals surface area contributed by atoms with E-state index in [-0.39, 0.29) is 24.0 Å². The third-order valence-corrected chi connectivity index (χ3v) is 10.3. The van der Waals surface area contributed by atoms with Gasteiger partial charge >= 0.3 is 11.9 Å². The molecule has 3 rings (SSSR count). The van der Waals surface area contributed by atoms with Crippen LogP contribution in [0.2, 0.25) is 0 Å². The van der Waals surface area contributed by atoms with E-state index < -0.39 is 0 Å². The SMILES string of the molecule is O=C(CSCC1CS1)OCC(OC(=O)CSCC1CS1)SCC1CS1. The summed E-state index contributed by atoms with van der Waals surface area (Å²) in [5, 5.41) is 2.11. The van der Waals surface area contributed by atoms with Gasteiger partial charge in [0.2, 0.25) is 0 Å². The largest absolute Gasteiger partial charge is 0.460 e. The lowest BCUT2D eigenvalue weighted by Gasteiger charge is -2.17. The third kappa shape index (κ3) is 10.2. The van der Waals surface area contributed by atoms with Gasteiger partial charge in [-0.3, -0.25) is 9.59 Å². The number of esters is 2. The van der Waals surface area contributed by atoms with Crippen molar-refractivity contribution in [3.63, 3.8) is 0 Å². The van der Waals surface area contributed by atoms with Gasteiger partial charge in [-0.05, 0) is 0 Å². The van der Waals surface area contributed by atoms with Crippen LogP contribution in [0.15, 0.2) is 0 Å². The molecule has 3 aliphatic heterocycles. The molecule has 0 aromatic carbocycles. The fourth-order valence-corrected chi connectivity index (χ4v) is 7.30. The summed E-state index contributed by atoms with van der Waals surface area (Å²) in [7, 11) is 0. The Morgan fingerprint density at radius 3 is 1.96 bits per heavy atom. The Labute approximate surface area is 174 Å². The van der Waals surface area contributed by atoms with Crippen LogP contribution >= 0.6 is 70.6 Å². The Bertz CT molecular complexity index is 453. The highest BCUT2D eigenvalue weighted by molar-refractivity contribution is 8.09. The number of hydrogen-bond donors (Lipinski definition) is 0. The van der Waals surface area contributed by atoms with Gasteiger partial charge in [-0.25, -0.2) is 0 Å². The summed E-state index contributed by atoms with van der Waals surface area (Å²) < 4.78 is 10.9. The van der Waals surface area contributed by atoms with E-state index in [9.17, 15) is 9.59 Å². The van der Waals surface area contributed by atoms with E-state index >= 15 is 0 Å². The van der Waals surface area contributed by atoms with E-state index in [4.69, 9.17) is 9.47 Å². The van der Waals surface area contributed by atoms with Gasteiger partial charge in [0.05, 0.1) is 11.5 Å². The van der Waals surface area contributed by atoms with Crippen molar-refractivity contribution in [2.45, 2.75) is 21.2 Å². The average molecular weight is 459 g/mol. The Balaban J connectivity index is 1.30. The zero-order valence-corrected chi connectivity index (χ0v) is 18.7. The van der Waals surface area contributed by atoms with Crippen molar-refractivity contribution in [2.24, 2.45) is 0 Å². The number of carbonyl (C=O) groups is 2. The van der Waals surface area contributed by atoms with Gasteiger partial charge in [-0.15, -0.1) is 35.3 Å². The molecule has 0 aromatic heterocycles. The minimum atomic E-state index is -0.377. The van der Waals surface area contributed by atoms with Crippen LogP contribution in [-0.2, 0) is 19.1 Å².